The van der Waals surface area contributed by atoms with Crippen molar-refractivity contribution in [1.29, 1.82) is 0 Å². The number of carbonyl (C=O) groups excluding carboxylic acids is 1. The molecule has 0 bridgehead atoms. The van der Waals surface area contributed by atoms with Gasteiger partial charge < -0.3 is 20.7 Å². The number of aliphatic imine (C=N–C) groups is 1. The van der Waals surface area contributed by atoms with Gasteiger partial charge in [0.25, 0.3) is 0 Å². The number of amides is 1. The summed E-state index contributed by atoms with van der Waals surface area (Å²) < 4.78 is 5.29. The minimum absolute atomic E-state index is 0.441. The van der Waals surface area contributed by atoms with E-state index in [2.05, 4.69) is 20.9 Å². The summed E-state index contributed by atoms with van der Waals surface area (Å²) in [6.07, 6.45) is -0.441. The molecule has 0 aromatic heterocycles. The Morgan fingerprint density at radius 2 is 1.72 bits per heavy atom. The van der Waals surface area contributed by atoms with Crippen LogP contribution in [0.3, 0.4) is 0 Å². The highest BCUT2D eigenvalue weighted by Gasteiger charge is 2.24. The zero-order valence-electron chi connectivity index (χ0n) is 15.9. The van der Waals surface area contributed by atoms with E-state index in [4.69, 9.17) is 16.3 Å². The Kier molecular flexibility index (Phi) is 7.55. The number of carbonyl (C=O) groups is 1. The fraction of sp³-hybridized carbons (Fsp3) is 0.556. The lowest BCUT2D eigenvalue weighted by Crippen LogP contribution is -2.54. The molecule has 0 spiro atoms. The molecule has 0 saturated heterocycles. The molecule has 0 aliphatic heterocycles. The minimum atomic E-state index is -0.524. The van der Waals surface area contributed by atoms with E-state index in [0.717, 1.165) is 5.56 Å². The Morgan fingerprint density at radius 3 is 2.24 bits per heavy atom. The number of nitrogens with one attached hydrogen (secondary N) is 3. The molecule has 1 rings (SSSR count). The van der Waals surface area contributed by atoms with E-state index in [1.54, 1.807) is 7.05 Å². The lowest BCUT2D eigenvalue weighted by atomic mass is 10.1. The van der Waals surface area contributed by atoms with Gasteiger partial charge in [0.1, 0.15) is 5.60 Å². The topological polar surface area (TPSA) is 74.8 Å². The third-order valence-electron chi connectivity index (χ3n) is 3.13. The second kappa shape index (κ2) is 8.94. The average Bonchev–Trinajstić information content (AvgIpc) is 2.46. The van der Waals surface area contributed by atoms with Crippen molar-refractivity contribution in [3.05, 3.63) is 34.9 Å². The van der Waals surface area contributed by atoms with Crippen molar-refractivity contribution in [2.24, 2.45) is 4.99 Å². The molecule has 1 amide bonds. The van der Waals surface area contributed by atoms with Gasteiger partial charge >= 0.3 is 6.09 Å². The monoisotopic (exact) mass is 368 g/mol. The quantitative estimate of drug-likeness (QED) is 0.550. The first-order chi connectivity index (χ1) is 11.5. The fourth-order valence-corrected chi connectivity index (χ4v) is 2.06. The van der Waals surface area contributed by atoms with Gasteiger partial charge in [0.05, 0.1) is 5.54 Å². The predicted molar refractivity (Wildman–Crippen MR) is 103 cm³/mol. The summed E-state index contributed by atoms with van der Waals surface area (Å²) in [5.74, 6) is 0.647. The van der Waals surface area contributed by atoms with Crippen molar-refractivity contribution in [2.75, 3.05) is 13.6 Å². The Balaban J connectivity index is 2.46. The smallest absolute Gasteiger partial charge is 0.408 e. The Labute approximate surface area is 155 Å². The van der Waals surface area contributed by atoms with Crippen molar-refractivity contribution in [3.8, 4) is 0 Å². The average molecular weight is 369 g/mol. The van der Waals surface area contributed by atoms with Crippen LogP contribution in [0.5, 0.6) is 0 Å². The number of halogens is 1. The molecule has 1 aromatic rings. The van der Waals surface area contributed by atoms with Crippen molar-refractivity contribution in [1.82, 2.24) is 16.0 Å². The van der Waals surface area contributed by atoms with Crippen LogP contribution in [-0.4, -0.2) is 36.8 Å². The van der Waals surface area contributed by atoms with Gasteiger partial charge in [-0.3, -0.25) is 4.99 Å². The van der Waals surface area contributed by atoms with Crippen LogP contribution in [0.2, 0.25) is 5.02 Å². The summed E-state index contributed by atoms with van der Waals surface area (Å²) in [6.45, 7) is 10.4. The maximum Gasteiger partial charge on any atom is 0.408 e. The first kappa shape index (κ1) is 21.1. The van der Waals surface area contributed by atoms with Gasteiger partial charge in [-0.25, -0.2) is 4.79 Å². The Hall–Kier alpha value is -1.95. The molecule has 7 heteroatoms. The van der Waals surface area contributed by atoms with Crippen LogP contribution in [0.4, 0.5) is 4.79 Å². The van der Waals surface area contributed by atoms with E-state index in [-0.39, 0.29) is 0 Å². The summed E-state index contributed by atoms with van der Waals surface area (Å²) in [5, 5.41) is 9.98. The predicted octanol–water partition coefficient (Wildman–Crippen LogP) is 3.31. The van der Waals surface area contributed by atoms with Crippen molar-refractivity contribution in [3.63, 3.8) is 0 Å². The van der Waals surface area contributed by atoms with Gasteiger partial charge in [0, 0.05) is 25.2 Å². The highest BCUT2D eigenvalue weighted by Crippen LogP contribution is 2.10. The normalized spacial score (nSPS) is 12.5. The maximum atomic E-state index is 11.9. The molecule has 6 nitrogen and oxygen atoms in total. The molecule has 0 unspecified atom stereocenters. The Bertz CT molecular complexity index is 592. The number of nitrogens with zero attached hydrogens (tertiary/aromatic N) is 1. The molecular formula is C18H29ClN4O2. The highest BCUT2D eigenvalue weighted by atomic mass is 35.5. The van der Waals surface area contributed by atoms with Crippen molar-refractivity contribution in [2.45, 2.75) is 52.3 Å². The molecule has 0 aliphatic carbocycles. The van der Waals surface area contributed by atoms with E-state index in [1.165, 1.54) is 0 Å². The van der Waals surface area contributed by atoms with Crippen LogP contribution in [-0.2, 0) is 11.3 Å². The number of hydrogen-bond acceptors (Lipinski definition) is 3. The highest BCUT2D eigenvalue weighted by molar-refractivity contribution is 6.30. The lowest BCUT2D eigenvalue weighted by Gasteiger charge is -2.29. The Morgan fingerprint density at radius 1 is 1.12 bits per heavy atom. The van der Waals surface area contributed by atoms with Gasteiger partial charge in [-0.2, -0.15) is 0 Å². The van der Waals surface area contributed by atoms with Crippen molar-refractivity contribution < 1.29 is 9.53 Å². The molecule has 140 valence electrons. The van der Waals surface area contributed by atoms with E-state index >= 15 is 0 Å². The number of hydrogen-bond donors (Lipinski definition) is 3. The minimum Gasteiger partial charge on any atom is -0.444 e. The van der Waals surface area contributed by atoms with Gasteiger partial charge in [-0.1, -0.05) is 23.7 Å². The SMILES string of the molecule is CN=C(NCc1ccc(Cl)cc1)NCC(C)(C)NC(=O)OC(C)(C)C. The molecule has 0 aliphatic rings. The molecule has 25 heavy (non-hydrogen) atoms. The second-order valence-corrected chi connectivity index (χ2v) is 7.85. The third-order valence-corrected chi connectivity index (χ3v) is 3.39. The number of alkyl carbamates (subject to hydrolysis) is 1. The first-order valence-electron chi connectivity index (χ1n) is 8.21. The molecular weight excluding hydrogens is 340 g/mol. The van der Waals surface area contributed by atoms with Crippen LogP contribution >= 0.6 is 11.6 Å². The van der Waals surface area contributed by atoms with Crippen molar-refractivity contribution >= 4 is 23.7 Å². The first-order valence-corrected chi connectivity index (χ1v) is 8.59. The molecule has 0 saturated carbocycles. The number of guanidine groups is 1. The number of benzene rings is 1. The third kappa shape index (κ3) is 9.19. The summed E-state index contributed by atoms with van der Waals surface area (Å²) in [4.78, 5) is 16.1. The molecule has 0 atom stereocenters. The number of rotatable bonds is 5. The van der Waals surface area contributed by atoms with Crippen LogP contribution in [0, 0.1) is 0 Å². The van der Waals surface area contributed by atoms with E-state index in [9.17, 15) is 4.79 Å². The van der Waals surface area contributed by atoms with E-state index in [0.29, 0.717) is 24.1 Å². The van der Waals surface area contributed by atoms with Crippen LogP contribution in [0.25, 0.3) is 0 Å². The van der Waals surface area contributed by atoms with Crippen LogP contribution in [0.1, 0.15) is 40.2 Å². The summed E-state index contributed by atoms with van der Waals surface area (Å²) in [5.41, 5.74) is 0.0720. The summed E-state index contributed by atoms with van der Waals surface area (Å²) >= 11 is 5.88. The maximum absolute atomic E-state index is 11.9. The van der Waals surface area contributed by atoms with E-state index < -0.39 is 17.2 Å². The molecule has 0 radical (unpaired) electrons. The van der Waals surface area contributed by atoms with E-state index in [1.807, 2.05) is 58.9 Å². The largest absolute Gasteiger partial charge is 0.444 e. The van der Waals surface area contributed by atoms with Crippen LogP contribution in [0.15, 0.2) is 29.3 Å². The molecule has 0 fully saturated rings. The van der Waals surface area contributed by atoms with Gasteiger partial charge in [0.15, 0.2) is 5.96 Å². The molecule has 0 heterocycles. The zero-order chi connectivity index (χ0) is 19.1. The molecule has 3 N–H and O–H groups in total. The summed E-state index contributed by atoms with van der Waals surface area (Å²) in [7, 11) is 1.70. The van der Waals surface area contributed by atoms with Crippen LogP contribution < -0.4 is 16.0 Å². The standard InChI is InChI=1S/C18H29ClN4O2/c1-17(2,3)25-16(24)23-18(4,5)12-22-15(20-6)21-11-13-7-9-14(19)10-8-13/h7-10H,11-12H2,1-6H3,(H,23,24)(H2,20,21,22). The lowest BCUT2D eigenvalue weighted by molar-refractivity contribution is 0.0474. The van der Waals surface area contributed by atoms with Gasteiger partial charge in [-0.15, -0.1) is 0 Å². The fourth-order valence-electron chi connectivity index (χ4n) is 1.94. The summed E-state index contributed by atoms with van der Waals surface area (Å²) in [6, 6.07) is 7.61. The molecule has 1 aromatic carbocycles. The number of ether oxygens (including phenoxy) is 1. The zero-order valence-corrected chi connectivity index (χ0v) is 16.6. The second-order valence-electron chi connectivity index (χ2n) is 7.42. The van der Waals surface area contributed by atoms with Gasteiger partial charge in [0.2, 0.25) is 0 Å². The van der Waals surface area contributed by atoms with Gasteiger partial charge in [-0.05, 0) is 52.3 Å².